The van der Waals surface area contributed by atoms with Gasteiger partial charge in [-0.25, -0.2) is 0 Å². The maximum Gasteiger partial charge on any atom is 0.306 e. The van der Waals surface area contributed by atoms with Crippen molar-refractivity contribution < 1.29 is 14.3 Å². The van der Waals surface area contributed by atoms with Crippen molar-refractivity contribution in [3.05, 3.63) is 36.0 Å². The summed E-state index contributed by atoms with van der Waals surface area (Å²) >= 11 is 0. The molecule has 0 aromatic heterocycles. The van der Waals surface area contributed by atoms with Crippen molar-refractivity contribution in [1.82, 2.24) is 0 Å². The third-order valence-corrected chi connectivity index (χ3v) is 10.3. The van der Waals surface area contributed by atoms with E-state index in [-0.39, 0.29) is 33.6 Å². The van der Waals surface area contributed by atoms with Crippen LogP contribution < -0.4 is 0 Å². The number of allylic oxidation sites excluding steroid dienone is 5. The summed E-state index contributed by atoms with van der Waals surface area (Å²) in [6.45, 7) is 4.76. The highest BCUT2D eigenvalue weighted by Gasteiger charge is 2.79. The molecule has 3 nitrogen and oxygen atoms in total. The molecule has 1 heterocycles. The van der Waals surface area contributed by atoms with Crippen LogP contribution in [0.1, 0.15) is 52.4 Å². The molecule has 8 atom stereocenters. The normalized spacial score (nSPS) is 56.1. The largest absolute Gasteiger partial charge is 0.458 e. The van der Waals surface area contributed by atoms with Crippen LogP contribution in [0.15, 0.2) is 36.0 Å². The summed E-state index contributed by atoms with van der Waals surface area (Å²) in [5.41, 5.74) is 1.38. The van der Waals surface area contributed by atoms with E-state index in [1.807, 2.05) is 6.08 Å². The van der Waals surface area contributed by atoms with Gasteiger partial charge in [0.2, 0.25) is 0 Å². The Hall–Kier alpha value is -1.64. The highest BCUT2D eigenvalue weighted by Crippen LogP contribution is 2.80. The monoisotopic (exact) mass is 376 g/mol. The number of rotatable bonds is 0. The molecule has 1 aliphatic heterocycles. The second-order valence-corrected chi connectivity index (χ2v) is 11.3. The third-order valence-electron chi connectivity index (χ3n) is 10.3. The van der Waals surface area contributed by atoms with Crippen molar-refractivity contribution in [3.63, 3.8) is 0 Å². The summed E-state index contributed by atoms with van der Waals surface area (Å²) in [5, 5.41) is 0. The molecule has 146 valence electrons. The summed E-state index contributed by atoms with van der Waals surface area (Å²) in [5.74, 6) is 3.17. The molecular formula is C25H28O3. The number of ether oxygens (including phenoxy) is 1. The summed E-state index contributed by atoms with van der Waals surface area (Å²) in [6.07, 6.45) is 17.3. The Morgan fingerprint density at radius 1 is 1.07 bits per heavy atom. The molecule has 7 rings (SSSR count). The van der Waals surface area contributed by atoms with Gasteiger partial charge in [-0.2, -0.15) is 0 Å². The molecule has 28 heavy (non-hydrogen) atoms. The van der Waals surface area contributed by atoms with Gasteiger partial charge in [0.1, 0.15) is 5.60 Å². The fourth-order valence-electron chi connectivity index (χ4n) is 8.98. The lowest BCUT2D eigenvalue weighted by molar-refractivity contribution is -0.162. The van der Waals surface area contributed by atoms with Crippen LogP contribution in [0.5, 0.6) is 0 Å². The Bertz CT molecular complexity index is 935. The first-order chi connectivity index (χ1) is 13.3. The lowest BCUT2D eigenvalue weighted by Crippen LogP contribution is -2.55. The van der Waals surface area contributed by atoms with E-state index in [2.05, 4.69) is 32.1 Å². The fourth-order valence-corrected chi connectivity index (χ4v) is 8.98. The van der Waals surface area contributed by atoms with Gasteiger partial charge in [-0.05, 0) is 78.9 Å². The van der Waals surface area contributed by atoms with Gasteiger partial charge in [0.25, 0.3) is 0 Å². The molecular weight excluding hydrogens is 348 g/mol. The van der Waals surface area contributed by atoms with Crippen LogP contribution in [0.25, 0.3) is 0 Å². The van der Waals surface area contributed by atoms with Crippen molar-refractivity contribution in [1.29, 1.82) is 0 Å². The van der Waals surface area contributed by atoms with Crippen molar-refractivity contribution in [3.8, 4) is 0 Å². The minimum atomic E-state index is -0.243. The summed E-state index contributed by atoms with van der Waals surface area (Å²) < 4.78 is 6.17. The van der Waals surface area contributed by atoms with E-state index in [1.54, 1.807) is 6.08 Å². The van der Waals surface area contributed by atoms with Gasteiger partial charge >= 0.3 is 5.97 Å². The number of carbonyl (C=O) groups excluding carboxylic acids is 2. The molecule has 1 saturated heterocycles. The number of hydrogen-bond donors (Lipinski definition) is 0. The van der Waals surface area contributed by atoms with Crippen LogP contribution in [0, 0.1) is 45.8 Å². The Balaban J connectivity index is 1.39. The average molecular weight is 376 g/mol. The van der Waals surface area contributed by atoms with Crippen molar-refractivity contribution in [2.24, 2.45) is 45.8 Å². The SMILES string of the molecule is C[C@]12C=CC(=O)C=C1C1(CC1)CC1C2C=C[C@@]2(C)C1C1CC1C21CCC(=O)O1. The fraction of sp³-hybridized carbons (Fsp3) is 0.680. The van der Waals surface area contributed by atoms with Crippen molar-refractivity contribution >= 4 is 11.8 Å². The number of hydrogen-bond acceptors (Lipinski definition) is 3. The van der Waals surface area contributed by atoms with E-state index in [1.165, 1.54) is 31.3 Å². The first kappa shape index (κ1) is 16.2. The Labute approximate surface area is 166 Å². The Morgan fingerprint density at radius 3 is 2.61 bits per heavy atom. The predicted octanol–water partition coefficient (Wildman–Crippen LogP) is 4.39. The topological polar surface area (TPSA) is 43.4 Å². The maximum atomic E-state index is 12.2. The molecule has 0 radical (unpaired) electrons. The van der Waals surface area contributed by atoms with E-state index in [0.717, 1.165) is 6.42 Å². The summed E-state index contributed by atoms with van der Waals surface area (Å²) in [6, 6.07) is 0. The van der Waals surface area contributed by atoms with E-state index < -0.39 is 0 Å². The summed E-state index contributed by atoms with van der Waals surface area (Å²) in [4.78, 5) is 24.4. The molecule has 6 unspecified atom stereocenters. The van der Waals surface area contributed by atoms with Crippen molar-refractivity contribution in [2.45, 2.75) is 58.0 Å². The number of esters is 1. The smallest absolute Gasteiger partial charge is 0.306 e. The second kappa shape index (κ2) is 4.42. The van der Waals surface area contributed by atoms with Crippen LogP contribution >= 0.6 is 0 Å². The van der Waals surface area contributed by atoms with Gasteiger partial charge < -0.3 is 4.74 Å². The highest BCUT2D eigenvalue weighted by atomic mass is 16.6. The Kier molecular flexibility index (Phi) is 2.55. The zero-order chi connectivity index (χ0) is 19.1. The lowest BCUT2D eigenvalue weighted by Gasteiger charge is -2.58. The molecule has 6 aliphatic carbocycles. The van der Waals surface area contributed by atoms with Gasteiger partial charge in [-0.15, -0.1) is 0 Å². The van der Waals surface area contributed by atoms with E-state index in [9.17, 15) is 9.59 Å². The van der Waals surface area contributed by atoms with E-state index >= 15 is 0 Å². The maximum absolute atomic E-state index is 12.2. The number of ketones is 1. The van der Waals surface area contributed by atoms with Gasteiger partial charge in [0, 0.05) is 23.2 Å². The summed E-state index contributed by atoms with van der Waals surface area (Å²) in [7, 11) is 0. The van der Waals surface area contributed by atoms with Crippen molar-refractivity contribution in [2.75, 3.05) is 0 Å². The van der Waals surface area contributed by atoms with Crippen LogP contribution in [-0.2, 0) is 14.3 Å². The first-order valence-electron chi connectivity index (χ1n) is 11.2. The number of carbonyl (C=O) groups is 2. The van der Waals surface area contributed by atoms with Gasteiger partial charge in [0.05, 0.1) is 0 Å². The van der Waals surface area contributed by atoms with Gasteiger partial charge in [0.15, 0.2) is 5.78 Å². The van der Waals surface area contributed by atoms with Gasteiger partial charge in [-0.3, -0.25) is 9.59 Å². The second-order valence-electron chi connectivity index (χ2n) is 11.3. The molecule has 0 N–H and O–H groups in total. The van der Waals surface area contributed by atoms with E-state index in [4.69, 9.17) is 4.74 Å². The molecule has 0 aromatic carbocycles. The number of fused-ring (bicyclic) bond motifs is 10. The van der Waals surface area contributed by atoms with Crippen LogP contribution in [0.3, 0.4) is 0 Å². The lowest BCUT2D eigenvalue weighted by atomic mass is 9.46. The molecule has 5 fully saturated rings. The molecule has 0 bridgehead atoms. The third kappa shape index (κ3) is 1.56. The minimum absolute atomic E-state index is 0.0104. The average Bonchev–Trinajstić information content (AvgIpc) is 3.55. The zero-order valence-corrected chi connectivity index (χ0v) is 16.7. The standard InChI is InChI=1S/C25H28O3/c1-22-6-3-14(26)11-19(22)24(9-10-24)13-16-17(22)4-7-23(2)21(16)15-12-18(15)25(23)8-5-20(27)28-25/h3-4,6-7,11,15-18,21H,5,8-10,12-13H2,1-2H3/t15?,16?,17?,18?,21?,22-,23+,25?/m1/s1. The quantitative estimate of drug-likeness (QED) is 0.465. The molecule has 7 aliphatic rings. The molecule has 4 saturated carbocycles. The predicted molar refractivity (Wildman–Crippen MR) is 104 cm³/mol. The van der Waals surface area contributed by atoms with Crippen LogP contribution in [-0.4, -0.2) is 17.4 Å². The molecule has 3 heteroatoms. The van der Waals surface area contributed by atoms with E-state index in [0.29, 0.717) is 36.0 Å². The van der Waals surface area contributed by atoms with Gasteiger partial charge in [-0.1, -0.05) is 32.1 Å². The minimum Gasteiger partial charge on any atom is -0.458 e. The van der Waals surface area contributed by atoms with Crippen LogP contribution in [0.2, 0.25) is 0 Å². The molecule has 0 aromatic rings. The van der Waals surface area contributed by atoms with Crippen LogP contribution in [0.4, 0.5) is 0 Å². The highest BCUT2D eigenvalue weighted by molar-refractivity contribution is 6.01. The molecule has 2 spiro atoms. The molecule has 0 amide bonds. The zero-order valence-electron chi connectivity index (χ0n) is 16.7. The Morgan fingerprint density at radius 2 is 1.89 bits per heavy atom. The first-order valence-corrected chi connectivity index (χ1v) is 11.2.